The molecule has 0 radical (unpaired) electrons. The van der Waals surface area contributed by atoms with E-state index in [1.165, 1.54) is 43.7 Å². The fourth-order valence-corrected chi connectivity index (χ4v) is 1.76. The molecular formula is C14H13ClN2O4. The van der Waals surface area contributed by atoms with Gasteiger partial charge in [0.2, 0.25) is 5.91 Å². The second kappa shape index (κ2) is 6.32. The number of benzene rings is 1. The van der Waals surface area contributed by atoms with E-state index < -0.39 is 17.9 Å². The van der Waals surface area contributed by atoms with Gasteiger partial charge in [0.25, 0.3) is 5.91 Å². The van der Waals surface area contributed by atoms with Gasteiger partial charge in [-0.1, -0.05) is 11.6 Å². The molecule has 1 heterocycles. The number of carbonyl (C=O) groups excluding carboxylic acids is 2. The van der Waals surface area contributed by atoms with Crippen molar-refractivity contribution in [3.8, 4) is 5.75 Å². The molecule has 1 aromatic heterocycles. The van der Waals surface area contributed by atoms with E-state index in [0.717, 1.165) is 0 Å². The predicted molar refractivity (Wildman–Crippen MR) is 77.4 cm³/mol. The molecule has 7 heteroatoms. The lowest BCUT2D eigenvalue weighted by atomic mass is 10.2. The molecule has 1 aromatic carbocycles. The Bertz CT molecular complexity index is 655. The highest BCUT2D eigenvalue weighted by Gasteiger charge is 2.18. The smallest absolute Gasteiger partial charge is 0.255 e. The Labute approximate surface area is 125 Å². The molecule has 110 valence electrons. The van der Waals surface area contributed by atoms with E-state index in [-0.39, 0.29) is 11.4 Å². The zero-order valence-corrected chi connectivity index (χ0v) is 11.8. The normalized spacial score (nSPS) is 11.7. The summed E-state index contributed by atoms with van der Waals surface area (Å²) >= 11 is 5.79. The van der Waals surface area contributed by atoms with Crippen LogP contribution >= 0.6 is 11.6 Å². The highest BCUT2D eigenvalue weighted by molar-refractivity contribution is 6.31. The standard InChI is InChI=1S/C14H13ClN2O4/c1-8(16-14(20)9-4-5-21-7-9)13(19)17-11-6-10(15)2-3-12(11)18/h2-8,18H,1H3,(H,16,20)(H,17,19)/t8-/m1/s1. The van der Waals surface area contributed by atoms with Crippen molar-refractivity contribution in [3.05, 3.63) is 47.4 Å². The Kier molecular flexibility index (Phi) is 4.49. The summed E-state index contributed by atoms with van der Waals surface area (Å²) < 4.78 is 4.79. The Morgan fingerprint density at radius 2 is 2.10 bits per heavy atom. The summed E-state index contributed by atoms with van der Waals surface area (Å²) in [7, 11) is 0. The summed E-state index contributed by atoms with van der Waals surface area (Å²) in [5.74, 6) is -1.02. The van der Waals surface area contributed by atoms with Crippen molar-refractivity contribution in [2.45, 2.75) is 13.0 Å². The van der Waals surface area contributed by atoms with Crippen LogP contribution in [0.25, 0.3) is 0 Å². The van der Waals surface area contributed by atoms with Crippen LogP contribution in [0.5, 0.6) is 5.75 Å². The fourth-order valence-electron chi connectivity index (χ4n) is 1.59. The molecule has 3 N–H and O–H groups in total. The molecule has 0 spiro atoms. The van der Waals surface area contributed by atoms with E-state index >= 15 is 0 Å². The van der Waals surface area contributed by atoms with E-state index in [4.69, 9.17) is 16.0 Å². The van der Waals surface area contributed by atoms with Gasteiger partial charge >= 0.3 is 0 Å². The SMILES string of the molecule is C[C@@H](NC(=O)c1ccoc1)C(=O)Nc1cc(Cl)ccc1O. The van der Waals surface area contributed by atoms with Crippen LogP contribution in [-0.2, 0) is 4.79 Å². The molecule has 0 aliphatic heterocycles. The van der Waals surface area contributed by atoms with Gasteiger partial charge in [0.05, 0.1) is 17.5 Å². The maximum Gasteiger partial charge on any atom is 0.255 e. The summed E-state index contributed by atoms with van der Waals surface area (Å²) in [6, 6.07) is 4.97. The van der Waals surface area contributed by atoms with Gasteiger partial charge in [0.1, 0.15) is 18.1 Å². The van der Waals surface area contributed by atoms with E-state index in [9.17, 15) is 14.7 Å². The number of hydrogen-bond acceptors (Lipinski definition) is 4. The van der Waals surface area contributed by atoms with Crippen LogP contribution in [0.3, 0.4) is 0 Å². The van der Waals surface area contributed by atoms with Crippen LogP contribution in [-0.4, -0.2) is 23.0 Å². The summed E-state index contributed by atoms with van der Waals surface area (Å²) in [5.41, 5.74) is 0.497. The molecule has 21 heavy (non-hydrogen) atoms. The Hall–Kier alpha value is -2.47. The number of aromatic hydroxyl groups is 1. The van der Waals surface area contributed by atoms with E-state index in [1.807, 2.05) is 0 Å². The van der Waals surface area contributed by atoms with Gasteiger partial charge in [-0.25, -0.2) is 0 Å². The topological polar surface area (TPSA) is 91.6 Å². The molecule has 2 amide bonds. The van der Waals surface area contributed by atoms with Crippen molar-refractivity contribution in [2.24, 2.45) is 0 Å². The minimum Gasteiger partial charge on any atom is -0.506 e. The molecule has 2 rings (SSSR count). The number of hydrogen-bond donors (Lipinski definition) is 3. The minimum absolute atomic E-state index is 0.110. The predicted octanol–water partition coefficient (Wildman–Crippen LogP) is 2.40. The van der Waals surface area contributed by atoms with E-state index in [2.05, 4.69) is 10.6 Å². The number of halogens is 1. The lowest BCUT2D eigenvalue weighted by Crippen LogP contribution is -2.41. The maximum atomic E-state index is 12.0. The molecule has 0 bridgehead atoms. The van der Waals surface area contributed by atoms with Crippen molar-refractivity contribution in [2.75, 3.05) is 5.32 Å². The second-order valence-corrected chi connectivity index (χ2v) is 4.79. The van der Waals surface area contributed by atoms with Gasteiger partial charge < -0.3 is 20.2 Å². The summed E-state index contributed by atoms with van der Waals surface area (Å²) in [6.45, 7) is 1.52. The van der Waals surface area contributed by atoms with Crippen LogP contribution in [0.2, 0.25) is 5.02 Å². The number of amides is 2. The van der Waals surface area contributed by atoms with Gasteiger partial charge in [-0.2, -0.15) is 0 Å². The quantitative estimate of drug-likeness (QED) is 0.756. The van der Waals surface area contributed by atoms with Gasteiger partial charge in [-0.3, -0.25) is 9.59 Å². The third kappa shape index (κ3) is 3.76. The molecule has 0 unspecified atom stereocenters. The van der Waals surface area contributed by atoms with E-state index in [0.29, 0.717) is 10.6 Å². The lowest BCUT2D eigenvalue weighted by molar-refractivity contribution is -0.117. The molecule has 2 aromatic rings. The number of nitrogens with one attached hydrogen (secondary N) is 2. The van der Waals surface area contributed by atoms with Crippen LogP contribution in [0.15, 0.2) is 41.2 Å². The third-order valence-electron chi connectivity index (χ3n) is 2.74. The van der Waals surface area contributed by atoms with Crippen molar-refractivity contribution in [1.82, 2.24) is 5.32 Å². The monoisotopic (exact) mass is 308 g/mol. The number of carbonyl (C=O) groups is 2. The first-order valence-electron chi connectivity index (χ1n) is 6.10. The summed E-state index contributed by atoms with van der Waals surface area (Å²) in [5, 5.41) is 15.0. The largest absolute Gasteiger partial charge is 0.506 e. The number of furan rings is 1. The first kappa shape index (κ1) is 14.9. The summed E-state index contributed by atoms with van der Waals surface area (Å²) in [6.07, 6.45) is 2.65. The maximum absolute atomic E-state index is 12.0. The van der Waals surface area contributed by atoms with Crippen molar-refractivity contribution < 1.29 is 19.1 Å². The molecule has 1 atom stereocenters. The highest BCUT2D eigenvalue weighted by atomic mass is 35.5. The van der Waals surface area contributed by atoms with Crippen molar-refractivity contribution in [1.29, 1.82) is 0 Å². The number of rotatable bonds is 4. The Morgan fingerprint density at radius 1 is 1.33 bits per heavy atom. The average Bonchev–Trinajstić information content (AvgIpc) is 2.97. The van der Waals surface area contributed by atoms with Crippen LogP contribution in [0.1, 0.15) is 17.3 Å². The Balaban J connectivity index is 1.99. The molecule has 0 fully saturated rings. The minimum atomic E-state index is -0.800. The van der Waals surface area contributed by atoms with Crippen LogP contribution in [0.4, 0.5) is 5.69 Å². The zero-order valence-electron chi connectivity index (χ0n) is 11.1. The number of phenols is 1. The molecule has 0 saturated carbocycles. The third-order valence-corrected chi connectivity index (χ3v) is 2.98. The van der Waals surface area contributed by atoms with Gasteiger partial charge in [0.15, 0.2) is 0 Å². The van der Waals surface area contributed by atoms with Crippen molar-refractivity contribution >= 4 is 29.1 Å². The van der Waals surface area contributed by atoms with Gasteiger partial charge in [0, 0.05) is 5.02 Å². The van der Waals surface area contributed by atoms with Crippen LogP contribution in [0, 0.1) is 0 Å². The number of phenolic OH excluding ortho intramolecular Hbond substituents is 1. The second-order valence-electron chi connectivity index (χ2n) is 4.36. The average molecular weight is 309 g/mol. The van der Waals surface area contributed by atoms with E-state index in [1.54, 1.807) is 0 Å². The number of anilines is 1. The molecule has 0 aliphatic carbocycles. The van der Waals surface area contributed by atoms with Crippen molar-refractivity contribution in [3.63, 3.8) is 0 Å². The lowest BCUT2D eigenvalue weighted by Gasteiger charge is -2.14. The highest BCUT2D eigenvalue weighted by Crippen LogP contribution is 2.26. The molecular weight excluding hydrogens is 296 g/mol. The molecule has 6 nitrogen and oxygen atoms in total. The Morgan fingerprint density at radius 3 is 2.76 bits per heavy atom. The van der Waals surface area contributed by atoms with Gasteiger partial charge in [-0.15, -0.1) is 0 Å². The first-order valence-corrected chi connectivity index (χ1v) is 6.47. The zero-order chi connectivity index (χ0) is 15.4. The van der Waals surface area contributed by atoms with Gasteiger partial charge in [-0.05, 0) is 31.2 Å². The fraction of sp³-hybridized carbons (Fsp3) is 0.143. The molecule has 0 saturated heterocycles. The van der Waals surface area contributed by atoms with Crippen LogP contribution < -0.4 is 10.6 Å². The summed E-state index contributed by atoms with van der Waals surface area (Å²) in [4.78, 5) is 23.8. The molecule has 0 aliphatic rings. The first-order chi connectivity index (χ1) is 9.97.